The minimum Gasteiger partial charge on any atom is -0.271 e. The van der Waals surface area contributed by atoms with Gasteiger partial charge in [0.1, 0.15) is 11.0 Å². The highest BCUT2D eigenvalue weighted by atomic mass is 79.9. The second kappa shape index (κ2) is 6.22. The van der Waals surface area contributed by atoms with Crippen molar-refractivity contribution in [2.75, 3.05) is 0 Å². The highest BCUT2D eigenvalue weighted by Crippen LogP contribution is 2.27. The van der Waals surface area contributed by atoms with Gasteiger partial charge >= 0.3 is 0 Å². The SMILES string of the molecule is Cc1nn(C)c(Cl)c1CC(NN)c1ccc(Br)c(F)c1. The van der Waals surface area contributed by atoms with E-state index in [0.29, 0.717) is 16.0 Å². The summed E-state index contributed by atoms with van der Waals surface area (Å²) in [4.78, 5) is 0. The van der Waals surface area contributed by atoms with E-state index in [9.17, 15) is 4.39 Å². The molecule has 7 heteroatoms. The van der Waals surface area contributed by atoms with E-state index in [1.54, 1.807) is 17.8 Å². The van der Waals surface area contributed by atoms with E-state index in [1.807, 2.05) is 13.0 Å². The first-order valence-electron chi connectivity index (χ1n) is 6.03. The summed E-state index contributed by atoms with van der Waals surface area (Å²) in [5.41, 5.74) is 5.20. The van der Waals surface area contributed by atoms with Gasteiger partial charge in [-0.15, -0.1) is 0 Å². The molecule has 108 valence electrons. The van der Waals surface area contributed by atoms with Crippen molar-refractivity contribution >= 4 is 27.5 Å². The zero-order valence-electron chi connectivity index (χ0n) is 11.1. The molecule has 0 spiro atoms. The Morgan fingerprint density at radius 2 is 2.25 bits per heavy atom. The maximum atomic E-state index is 13.6. The summed E-state index contributed by atoms with van der Waals surface area (Å²) in [6, 6.07) is 4.69. The topological polar surface area (TPSA) is 55.9 Å². The van der Waals surface area contributed by atoms with Gasteiger partial charge in [0.25, 0.3) is 0 Å². The van der Waals surface area contributed by atoms with E-state index in [4.69, 9.17) is 17.4 Å². The Kier molecular flexibility index (Phi) is 4.80. The Balaban J connectivity index is 2.31. The van der Waals surface area contributed by atoms with Crippen molar-refractivity contribution < 1.29 is 4.39 Å². The van der Waals surface area contributed by atoms with Gasteiger partial charge in [0.05, 0.1) is 16.2 Å². The molecule has 0 bridgehead atoms. The third kappa shape index (κ3) is 3.03. The van der Waals surface area contributed by atoms with Gasteiger partial charge in [0.2, 0.25) is 0 Å². The second-order valence-electron chi connectivity index (χ2n) is 4.58. The van der Waals surface area contributed by atoms with Crippen molar-refractivity contribution in [1.82, 2.24) is 15.2 Å². The number of aromatic nitrogens is 2. The van der Waals surface area contributed by atoms with Gasteiger partial charge in [-0.05, 0) is 47.0 Å². The molecule has 0 fully saturated rings. The van der Waals surface area contributed by atoms with Crippen LogP contribution in [0.4, 0.5) is 4.39 Å². The van der Waals surface area contributed by atoms with E-state index in [2.05, 4.69) is 26.5 Å². The van der Waals surface area contributed by atoms with E-state index in [1.165, 1.54) is 6.07 Å². The van der Waals surface area contributed by atoms with Crippen LogP contribution in [0.1, 0.15) is 22.9 Å². The molecule has 0 saturated carbocycles. The molecule has 4 nitrogen and oxygen atoms in total. The Morgan fingerprint density at radius 1 is 1.55 bits per heavy atom. The minimum absolute atomic E-state index is 0.238. The van der Waals surface area contributed by atoms with Crippen LogP contribution in [-0.2, 0) is 13.5 Å². The maximum absolute atomic E-state index is 13.6. The van der Waals surface area contributed by atoms with Crippen LogP contribution in [0.15, 0.2) is 22.7 Å². The van der Waals surface area contributed by atoms with Crippen molar-refractivity contribution in [3.63, 3.8) is 0 Å². The summed E-state index contributed by atoms with van der Waals surface area (Å²) in [5, 5.41) is 4.83. The monoisotopic (exact) mass is 360 g/mol. The molecule has 2 rings (SSSR count). The molecule has 0 radical (unpaired) electrons. The Bertz CT molecular complexity index is 629. The number of halogens is 3. The van der Waals surface area contributed by atoms with Crippen LogP contribution in [0.2, 0.25) is 5.15 Å². The van der Waals surface area contributed by atoms with Gasteiger partial charge in [-0.2, -0.15) is 5.10 Å². The molecule has 0 aliphatic rings. The molecule has 3 N–H and O–H groups in total. The molecule has 0 saturated heterocycles. The average Bonchev–Trinajstić information content (AvgIpc) is 2.65. The number of benzene rings is 1. The zero-order valence-corrected chi connectivity index (χ0v) is 13.5. The van der Waals surface area contributed by atoms with Crippen LogP contribution >= 0.6 is 27.5 Å². The summed E-state index contributed by atoms with van der Waals surface area (Å²) >= 11 is 9.34. The van der Waals surface area contributed by atoms with Crippen molar-refractivity contribution in [3.05, 3.63) is 50.5 Å². The Labute approximate surface area is 130 Å². The summed E-state index contributed by atoms with van der Waals surface area (Å²) in [7, 11) is 1.78. The third-order valence-electron chi connectivity index (χ3n) is 3.23. The number of rotatable bonds is 4. The first kappa shape index (κ1) is 15.4. The normalized spacial score (nSPS) is 12.7. The predicted molar refractivity (Wildman–Crippen MR) is 80.8 cm³/mol. The summed E-state index contributed by atoms with van der Waals surface area (Å²) in [5.74, 6) is 5.27. The predicted octanol–water partition coefficient (Wildman–Crippen LogP) is 3.03. The summed E-state index contributed by atoms with van der Waals surface area (Å²) < 4.78 is 15.7. The van der Waals surface area contributed by atoms with E-state index in [0.717, 1.165) is 16.8 Å². The smallest absolute Gasteiger partial charge is 0.137 e. The van der Waals surface area contributed by atoms with Gasteiger partial charge in [-0.1, -0.05) is 17.7 Å². The fourth-order valence-electron chi connectivity index (χ4n) is 2.11. The second-order valence-corrected chi connectivity index (χ2v) is 5.79. The van der Waals surface area contributed by atoms with Crippen LogP contribution in [0.3, 0.4) is 0 Å². The number of hydrazine groups is 1. The molecule has 0 amide bonds. The van der Waals surface area contributed by atoms with Crippen LogP contribution in [0.25, 0.3) is 0 Å². The lowest BCUT2D eigenvalue weighted by molar-refractivity contribution is 0.542. The molecule has 0 aliphatic heterocycles. The van der Waals surface area contributed by atoms with Crippen LogP contribution in [0, 0.1) is 12.7 Å². The molecule has 2 aromatic rings. The molecular weight excluding hydrogens is 347 g/mol. The molecule has 1 heterocycles. The molecule has 1 aromatic carbocycles. The lowest BCUT2D eigenvalue weighted by Gasteiger charge is -2.16. The van der Waals surface area contributed by atoms with Crippen LogP contribution in [-0.4, -0.2) is 9.78 Å². The summed E-state index contributed by atoms with van der Waals surface area (Å²) in [6.07, 6.45) is 0.538. The highest BCUT2D eigenvalue weighted by molar-refractivity contribution is 9.10. The number of aryl methyl sites for hydroxylation is 2. The van der Waals surface area contributed by atoms with Crippen LogP contribution < -0.4 is 11.3 Å². The van der Waals surface area contributed by atoms with Gasteiger partial charge in [0, 0.05) is 12.6 Å². The quantitative estimate of drug-likeness (QED) is 0.650. The van der Waals surface area contributed by atoms with E-state index < -0.39 is 0 Å². The van der Waals surface area contributed by atoms with E-state index >= 15 is 0 Å². The van der Waals surface area contributed by atoms with E-state index in [-0.39, 0.29) is 11.9 Å². The lowest BCUT2D eigenvalue weighted by Crippen LogP contribution is -2.29. The van der Waals surface area contributed by atoms with Gasteiger partial charge in [-0.25, -0.2) is 4.39 Å². The minimum atomic E-state index is -0.322. The number of nitrogens with one attached hydrogen (secondary N) is 1. The number of nitrogens with two attached hydrogens (primary N) is 1. The van der Waals surface area contributed by atoms with Gasteiger partial charge in [-0.3, -0.25) is 16.0 Å². The third-order valence-corrected chi connectivity index (χ3v) is 4.34. The molecule has 0 aliphatic carbocycles. The van der Waals surface area contributed by atoms with Gasteiger partial charge in [0.15, 0.2) is 0 Å². The fourth-order valence-corrected chi connectivity index (χ4v) is 2.61. The maximum Gasteiger partial charge on any atom is 0.137 e. The first-order chi connectivity index (χ1) is 9.43. The number of hydrogen-bond acceptors (Lipinski definition) is 3. The molecule has 1 aromatic heterocycles. The number of hydrogen-bond donors (Lipinski definition) is 2. The molecule has 20 heavy (non-hydrogen) atoms. The van der Waals surface area contributed by atoms with Crippen molar-refractivity contribution in [1.29, 1.82) is 0 Å². The lowest BCUT2D eigenvalue weighted by atomic mass is 10.00. The fraction of sp³-hybridized carbons (Fsp3) is 0.308. The van der Waals surface area contributed by atoms with Crippen molar-refractivity contribution in [2.24, 2.45) is 12.9 Å². The van der Waals surface area contributed by atoms with Crippen molar-refractivity contribution in [3.8, 4) is 0 Å². The molecule has 1 atom stereocenters. The molecular formula is C13H15BrClFN4. The van der Waals surface area contributed by atoms with Gasteiger partial charge < -0.3 is 0 Å². The number of nitrogens with zero attached hydrogens (tertiary/aromatic N) is 2. The Morgan fingerprint density at radius 3 is 2.75 bits per heavy atom. The molecule has 1 unspecified atom stereocenters. The van der Waals surface area contributed by atoms with Crippen molar-refractivity contribution in [2.45, 2.75) is 19.4 Å². The first-order valence-corrected chi connectivity index (χ1v) is 7.20. The largest absolute Gasteiger partial charge is 0.271 e. The Hall–Kier alpha value is -0.950. The summed E-state index contributed by atoms with van der Waals surface area (Å²) in [6.45, 7) is 1.89. The highest BCUT2D eigenvalue weighted by Gasteiger charge is 2.18. The standard InChI is InChI=1S/C13H15BrClFN4/c1-7-9(13(15)20(2)19-7)6-12(18-17)8-3-4-10(14)11(16)5-8/h3-5,12,18H,6,17H2,1-2H3. The zero-order chi connectivity index (χ0) is 14.9. The van der Waals surface area contributed by atoms with Crippen LogP contribution in [0.5, 0.6) is 0 Å². The average molecular weight is 362 g/mol.